The second-order valence-electron chi connectivity index (χ2n) is 8.39. The molecule has 0 saturated carbocycles. The smallest absolute Gasteiger partial charge is 0.344 e. The minimum Gasteiger partial charge on any atom is -0.437 e. The average Bonchev–Trinajstić information content (AvgIpc) is 3.33. The maximum atomic E-state index is 14.4. The molecule has 3 aromatic carbocycles. The minimum atomic E-state index is -0.738. The van der Waals surface area contributed by atoms with Crippen molar-refractivity contribution in [2.45, 2.75) is 5.92 Å². The molecule has 1 aliphatic heterocycles. The molecule has 1 aliphatic rings. The summed E-state index contributed by atoms with van der Waals surface area (Å²) in [6.45, 7) is 0. The summed E-state index contributed by atoms with van der Waals surface area (Å²) in [6, 6.07) is 20.8. The Kier molecular flexibility index (Phi) is 4.55. The summed E-state index contributed by atoms with van der Waals surface area (Å²) >= 11 is 3.44. The number of nitrogens with zero attached hydrogens (tertiary/aromatic N) is 4. The molecular weight excluding hydrogens is 527 g/mol. The van der Waals surface area contributed by atoms with Crippen LogP contribution in [0.15, 0.2) is 92.8 Å². The highest BCUT2D eigenvalue weighted by molar-refractivity contribution is 9.10. The molecule has 36 heavy (non-hydrogen) atoms. The van der Waals surface area contributed by atoms with Gasteiger partial charge in [0, 0.05) is 10.0 Å². The van der Waals surface area contributed by atoms with Crippen LogP contribution in [0.4, 0.5) is 4.39 Å². The van der Waals surface area contributed by atoms with Crippen LogP contribution in [0.1, 0.15) is 22.6 Å². The van der Waals surface area contributed by atoms with Gasteiger partial charge in [0.15, 0.2) is 17.2 Å². The van der Waals surface area contributed by atoms with Crippen molar-refractivity contribution in [1.82, 2.24) is 19.6 Å². The molecule has 0 radical (unpaired) electrons. The lowest BCUT2D eigenvalue weighted by Crippen LogP contribution is -2.22. The Morgan fingerprint density at radius 3 is 2.64 bits per heavy atom. The Balaban J connectivity index is 1.55. The number of hydrogen-bond donors (Lipinski definition) is 0. The molecule has 0 spiro atoms. The van der Waals surface area contributed by atoms with Crippen molar-refractivity contribution in [2.24, 2.45) is 0 Å². The number of ether oxygens (including phenoxy) is 1. The topological polar surface area (TPSA) is 82.5 Å². The van der Waals surface area contributed by atoms with Gasteiger partial charge in [0.25, 0.3) is 0 Å². The second-order valence-corrected chi connectivity index (χ2v) is 9.31. The quantitative estimate of drug-likeness (QED) is 0.247. The third-order valence-electron chi connectivity index (χ3n) is 6.25. The van der Waals surface area contributed by atoms with E-state index >= 15 is 0 Å². The van der Waals surface area contributed by atoms with Crippen LogP contribution in [-0.2, 0) is 0 Å². The number of rotatable bonds is 2. The lowest BCUT2D eigenvalue weighted by molar-refractivity contribution is 0.422. The maximum absolute atomic E-state index is 14.4. The molecular formula is C27H14BrFN4O3. The molecule has 0 fully saturated rings. The van der Waals surface area contributed by atoms with E-state index in [0.29, 0.717) is 39.3 Å². The zero-order valence-corrected chi connectivity index (χ0v) is 19.9. The summed E-state index contributed by atoms with van der Waals surface area (Å²) in [6.07, 6.45) is 1.52. The number of para-hydroxylation sites is 1. The summed E-state index contributed by atoms with van der Waals surface area (Å²) in [5.41, 5.74) is 2.39. The summed E-state index contributed by atoms with van der Waals surface area (Å²) in [4.78, 5) is 22.6. The molecule has 0 N–H and O–H groups in total. The lowest BCUT2D eigenvalue weighted by Gasteiger charge is -2.27. The normalized spacial score (nSPS) is 14.4. The van der Waals surface area contributed by atoms with Gasteiger partial charge in [0.05, 0.1) is 22.4 Å². The predicted molar refractivity (Wildman–Crippen MR) is 134 cm³/mol. The Morgan fingerprint density at radius 2 is 1.81 bits per heavy atom. The van der Waals surface area contributed by atoms with Gasteiger partial charge in [-0.05, 0) is 42.0 Å². The van der Waals surface area contributed by atoms with Crippen molar-refractivity contribution in [2.75, 3.05) is 0 Å². The van der Waals surface area contributed by atoms with Crippen LogP contribution < -0.4 is 10.4 Å². The van der Waals surface area contributed by atoms with E-state index in [4.69, 9.17) is 14.1 Å². The van der Waals surface area contributed by atoms with E-state index in [1.54, 1.807) is 28.8 Å². The monoisotopic (exact) mass is 540 g/mol. The predicted octanol–water partition coefficient (Wildman–Crippen LogP) is 6.09. The molecule has 0 bridgehead atoms. The zero-order valence-electron chi connectivity index (χ0n) is 18.4. The first-order valence-electron chi connectivity index (χ1n) is 11.1. The van der Waals surface area contributed by atoms with E-state index in [1.165, 1.54) is 18.5 Å². The van der Waals surface area contributed by atoms with Gasteiger partial charge in [-0.15, -0.1) is 5.10 Å². The van der Waals surface area contributed by atoms with Gasteiger partial charge in [-0.25, -0.2) is 23.7 Å². The van der Waals surface area contributed by atoms with Crippen molar-refractivity contribution >= 4 is 32.5 Å². The van der Waals surface area contributed by atoms with Gasteiger partial charge in [-0.1, -0.05) is 52.3 Å². The molecule has 9 heteroatoms. The second kappa shape index (κ2) is 7.82. The zero-order chi connectivity index (χ0) is 24.4. The molecule has 1 unspecified atom stereocenters. The van der Waals surface area contributed by atoms with Crippen LogP contribution in [0.25, 0.3) is 28.0 Å². The third kappa shape index (κ3) is 3.16. The van der Waals surface area contributed by atoms with Gasteiger partial charge in [0.1, 0.15) is 17.7 Å². The lowest BCUT2D eigenvalue weighted by atomic mass is 9.84. The number of aromatic nitrogens is 4. The van der Waals surface area contributed by atoms with E-state index < -0.39 is 17.4 Å². The fourth-order valence-corrected chi connectivity index (χ4v) is 4.93. The fraction of sp³-hybridized carbons (Fsp3) is 0.0370. The average molecular weight is 541 g/mol. The van der Waals surface area contributed by atoms with Crippen molar-refractivity contribution in [1.29, 1.82) is 0 Å². The molecule has 7 rings (SSSR count). The first kappa shape index (κ1) is 21.0. The molecule has 4 heterocycles. The summed E-state index contributed by atoms with van der Waals surface area (Å²) < 4.78 is 28.8. The molecule has 1 atom stereocenters. The van der Waals surface area contributed by atoms with Gasteiger partial charge in [-0.3, -0.25) is 0 Å². The van der Waals surface area contributed by atoms with Crippen molar-refractivity contribution in [3.63, 3.8) is 0 Å². The summed E-state index contributed by atoms with van der Waals surface area (Å²) in [5.74, 6) is -0.0717. The number of fused-ring (bicyclic) bond motifs is 6. The van der Waals surface area contributed by atoms with Crippen LogP contribution in [-0.4, -0.2) is 19.6 Å². The van der Waals surface area contributed by atoms with E-state index in [0.717, 1.165) is 10.0 Å². The van der Waals surface area contributed by atoms with Crippen LogP contribution >= 0.6 is 15.9 Å². The Hall–Kier alpha value is -4.37. The van der Waals surface area contributed by atoms with E-state index in [9.17, 15) is 9.18 Å². The van der Waals surface area contributed by atoms with E-state index in [2.05, 4.69) is 26.0 Å². The number of benzene rings is 3. The minimum absolute atomic E-state index is 0.259. The van der Waals surface area contributed by atoms with Gasteiger partial charge >= 0.3 is 5.63 Å². The van der Waals surface area contributed by atoms with Gasteiger partial charge < -0.3 is 9.15 Å². The molecule has 0 aliphatic carbocycles. The van der Waals surface area contributed by atoms with Crippen molar-refractivity contribution in [3.05, 3.63) is 117 Å². The van der Waals surface area contributed by atoms with Gasteiger partial charge in [0.2, 0.25) is 5.88 Å². The van der Waals surface area contributed by atoms with E-state index in [1.807, 2.05) is 36.4 Å². The Labute approximate surface area is 211 Å². The maximum Gasteiger partial charge on any atom is 0.344 e. The highest BCUT2D eigenvalue weighted by Crippen LogP contribution is 2.48. The molecule has 7 nitrogen and oxygen atoms in total. The first-order chi connectivity index (χ1) is 17.6. The highest BCUT2D eigenvalue weighted by Gasteiger charge is 2.37. The van der Waals surface area contributed by atoms with E-state index in [-0.39, 0.29) is 11.4 Å². The largest absolute Gasteiger partial charge is 0.437 e. The highest BCUT2D eigenvalue weighted by atomic mass is 79.9. The van der Waals surface area contributed by atoms with Crippen molar-refractivity contribution < 1.29 is 13.5 Å². The SMILES string of the molecule is O=c1oc2ccccc2c2c1C(c1cccc(F)c1)c1c(ncn3nc(-c4ccc(Br)cc4)nc13)O2. The Morgan fingerprint density at radius 1 is 0.972 bits per heavy atom. The third-order valence-corrected chi connectivity index (χ3v) is 6.78. The van der Waals surface area contributed by atoms with Crippen molar-refractivity contribution in [3.8, 4) is 23.0 Å². The molecule has 6 aromatic rings. The number of hydrogen-bond acceptors (Lipinski definition) is 6. The fourth-order valence-electron chi connectivity index (χ4n) is 4.67. The molecule has 174 valence electrons. The molecule has 0 amide bonds. The van der Waals surface area contributed by atoms with Gasteiger partial charge in [-0.2, -0.15) is 0 Å². The standard InChI is InChI=1S/C27H14BrFN4O3/c28-16-10-8-14(9-11-16)24-31-25-22-20(15-4-3-5-17(29)12-15)21-23(36-26(22)30-13-33(25)32-24)18-6-1-2-7-19(18)35-27(21)34/h1-13,20H. The molecule has 3 aromatic heterocycles. The van der Waals surface area contributed by atoms with Crippen LogP contribution in [0.3, 0.4) is 0 Å². The van der Waals surface area contributed by atoms with Crippen LogP contribution in [0.5, 0.6) is 11.6 Å². The summed E-state index contributed by atoms with van der Waals surface area (Å²) in [5, 5.41) is 5.21. The summed E-state index contributed by atoms with van der Waals surface area (Å²) in [7, 11) is 0. The number of halogens is 2. The van der Waals surface area contributed by atoms with Crippen LogP contribution in [0, 0.1) is 5.82 Å². The first-order valence-corrected chi connectivity index (χ1v) is 11.9. The van der Waals surface area contributed by atoms with Crippen LogP contribution in [0.2, 0.25) is 0 Å². The molecule has 0 saturated heterocycles. The Bertz CT molecular complexity index is 1880.